The van der Waals surface area contributed by atoms with Gasteiger partial charge in [0.25, 0.3) is 0 Å². The van der Waals surface area contributed by atoms with Gasteiger partial charge < -0.3 is 14.3 Å². The van der Waals surface area contributed by atoms with E-state index in [9.17, 15) is 8.78 Å². The second-order valence-corrected chi connectivity index (χ2v) is 7.37. The molecule has 1 rings (SSSR count). The Balaban J connectivity index is 2.50. The Kier molecular flexibility index (Phi) is 9.16. The van der Waals surface area contributed by atoms with Crippen LogP contribution in [0.5, 0.6) is 11.5 Å². The number of rotatable bonds is 9. The lowest BCUT2D eigenvalue weighted by Crippen LogP contribution is -2.05. The van der Waals surface area contributed by atoms with E-state index >= 15 is 0 Å². The lowest BCUT2D eigenvalue weighted by Gasteiger charge is -2.10. The van der Waals surface area contributed by atoms with Crippen molar-refractivity contribution in [3.8, 4) is 11.5 Å². The van der Waals surface area contributed by atoms with Crippen molar-refractivity contribution in [2.75, 3.05) is 19.8 Å². The molecular weight excluding hydrogens is 440 g/mol. The van der Waals surface area contributed by atoms with Gasteiger partial charge in [-0.2, -0.15) is 0 Å². The monoisotopic (exact) mass is 455 g/mol. The molecule has 8 heteroatoms. The highest BCUT2D eigenvalue weighted by atomic mass is 79.9. The van der Waals surface area contributed by atoms with Crippen LogP contribution in [0, 0.1) is 11.6 Å². The highest BCUT2D eigenvalue weighted by molar-refractivity contribution is 9.28. The third kappa shape index (κ3) is 8.31. The number of benzene rings is 1. The van der Waals surface area contributed by atoms with Crippen molar-refractivity contribution in [3.05, 3.63) is 33.2 Å². The third-order valence-corrected chi connectivity index (χ3v) is 2.98. The van der Waals surface area contributed by atoms with Crippen LogP contribution in [-0.2, 0) is 4.84 Å². The lowest BCUT2D eigenvalue weighted by atomic mass is 10.3. The SMILES string of the molecule is CC(C)=NOCCCOc1c(F)cc(OCC=C(Br)Br)cc1F. The lowest BCUT2D eigenvalue weighted by molar-refractivity contribution is 0.125. The average Bonchev–Trinajstić information content (AvgIpc) is 2.44. The summed E-state index contributed by atoms with van der Waals surface area (Å²) in [7, 11) is 0. The molecule has 128 valence electrons. The predicted molar refractivity (Wildman–Crippen MR) is 92.6 cm³/mol. The van der Waals surface area contributed by atoms with Gasteiger partial charge in [-0.3, -0.25) is 0 Å². The fraction of sp³-hybridized carbons (Fsp3) is 0.400. The first-order chi connectivity index (χ1) is 10.9. The molecule has 0 N–H and O–H groups in total. The van der Waals surface area contributed by atoms with Crippen molar-refractivity contribution in [1.29, 1.82) is 0 Å². The first kappa shape index (κ1) is 19.9. The number of ether oxygens (including phenoxy) is 2. The molecule has 0 aromatic heterocycles. The molecule has 0 saturated carbocycles. The van der Waals surface area contributed by atoms with Crippen LogP contribution in [0.3, 0.4) is 0 Å². The summed E-state index contributed by atoms with van der Waals surface area (Å²) in [5.41, 5.74) is 0.792. The van der Waals surface area contributed by atoms with Crippen molar-refractivity contribution in [3.63, 3.8) is 0 Å². The van der Waals surface area contributed by atoms with E-state index in [0.717, 1.165) is 17.8 Å². The Morgan fingerprint density at radius 1 is 1.13 bits per heavy atom. The number of nitrogens with zero attached hydrogens (tertiary/aromatic N) is 1. The standard InChI is InChI=1S/C15H17Br2F2NO3/c1-10(2)20-23-6-3-5-22-15-12(18)8-11(9-13(15)19)21-7-4-14(16)17/h4,8-9H,3,5-7H2,1-2H3. The number of oxime groups is 1. The van der Waals surface area contributed by atoms with Crippen LogP contribution in [0.4, 0.5) is 8.78 Å². The van der Waals surface area contributed by atoms with Gasteiger partial charge in [-0.1, -0.05) is 5.16 Å². The van der Waals surface area contributed by atoms with E-state index < -0.39 is 17.4 Å². The molecule has 0 radical (unpaired) electrons. The van der Waals surface area contributed by atoms with Gasteiger partial charge in [0.2, 0.25) is 0 Å². The van der Waals surface area contributed by atoms with Crippen molar-refractivity contribution in [2.45, 2.75) is 20.3 Å². The van der Waals surface area contributed by atoms with Crippen LogP contribution in [-0.4, -0.2) is 25.5 Å². The average molecular weight is 457 g/mol. The molecule has 0 unspecified atom stereocenters. The topological polar surface area (TPSA) is 40.0 Å². The van der Waals surface area contributed by atoms with Crippen LogP contribution >= 0.6 is 31.9 Å². The Hall–Kier alpha value is -1.15. The predicted octanol–water partition coefficient (Wildman–Crippen LogP) is 5.16. The zero-order valence-corrected chi connectivity index (χ0v) is 15.9. The maximum absolute atomic E-state index is 13.8. The van der Waals surface area contributed by atoms with Crippen LogP contribution in [0.25, 0.3) is 0 Å². The number of hydrogen-bond acceptors (Lipinski definition) is 4. The summed E-state index contributed by atoms with van der Waals surface area (Å²) >= 11 is 6.31. The highest BCUT2D eigenvalue weighted by Gasteiger charge is 2.13. The molecule has 0 aliphatic carbocycles. The zero-order chi connectivity index (χ0) is 17.2. The second kappa shape index (κ2) is 10.6. The van der Waals surface area contributed by atoms with Crippen LogP contribution < -0.4 is 9.47 Å². The van der Waals surface area contributed by atoms with E-state index in [1.807, 2.05) is 0 Å². The minimum absolute atomic E-state index is 0.0842. The Morgan fingerprint density at radius 3 is 2.35 bits per heavy atom. The fourth-order valence-corrected chi connectivity index (χ4v) is 1.70. The molecule has 0 fully saturated rings. The summed E-state index contributed by atoms with van der Waals surface area (Å²) in [5.74, 6) is -1.97. The maximum Gasteiger partial charge on any atom is 0.190 e. The van der Waals surface area contributed by atoms with Crippen molar-refractivity contribution in [1.82, 2.24) is 0 Å². The molecule has 1 aromatic rings. The molecule has 4 nitrogen and oxygen atoms in total. The Labute approximate surface area is 150 Å². The molecule has 0 aliphatic rings. The molecule has 0 aliphatic heterocycles. The van der Waals surface area contributed by atoms with Gasteiger partial charge in [0.1, 0.15) is 19.0 Å². The first-order valence-electron chi connectivity index (χ1n) is 6.79. The van der Waals surface area contributed by atoms with Gasteiger partial charge in [-0.25, -0.2) is 8.78 Å². The van der Waals surface area contributed by atoms with E-state index in [-0.39, 0.29) is 19.0 Å². The number of halogens is 4. The molecule has 23 heavy (non-hydrogen) atoms. The minimum Gasteiger partial charge on any atom is -0.489 e. The normalized spacial score (nSPS) is 10.0. The molecule has 0 bridgehead atoms. The van der Waals surface area contributed by atoms with Gasteiger partial charge in [0, 0.05) is 18.6 Å². The Bertz CT molecular complexity index is 549. The Morgan fingerprint density at radius 2 is 1.78 bits per heavy atom. The van der Waals surface area contributed by atoms with Gasteiger partial charge in [0.15, 0.2) is 17.4 Å². The van der Waals surface area contributed by atoms with Gasteiger partial charge in [-0.15, -0.1) is 0 Å². The minimum atomic E-state index is -0.815. The molecule has 0 spiro atoms. The fourth-order valence-electron chi connectivity index (χ4n) is 1.43. The van der Waals surface area contributed by atoms with Crippen LogP contribution in [0.2, 0.25) is 0 Å². The van der Waals surface area contributed by atoms with E-state index in [0.29, 0.717) is 16.4 Å². The van der Waals surface area contributed by atoms with E-state index in [2.05, 4.69) is 37.0 Å². The van der Waals surface area contributed by atoms with Crippen molar-refractivity contribution >= 4 is 37.6 Å². The third-order valence-electron chi connectivity index (χ3n) is 2.33. The highest BCUT2D eigenvalue weighted by Crippen LogP contribution is 2.27. The first-order valence-corrected chi connectivity index (χ1v) is 8.37. The second-order valence-electron chi connectivity index (χ2n) is 4.59. The summed E-state index contributed by atoms with van der Waals surface area (Å²) < 4.78 is 38.7. The maximum atomic E-state index is 13.8. The summed E-state index contributed by atoms with van der Waals surface area (Å²) in [6.45, 7) is 4.20. The van der Waals surface area contributed by atoms with E-state index in [1.54, 1.807) is 19.9 Å². The molecule has 0 saturated heterocycles. The molecule has 0 amide bonds. The van der Waals surface area contributed by atoms with Gasteiger partial charge >= 0.3 is 0 Å². The summed E-state index contributed by atoms with van der Waals surface area (Å²) in [5, 5.41) is 3.74. The quantitative estimate of drug-likeness (QED) is 0.293. The number of hydrogen-bond donors (Lipinski definition) is 0. The largest absolute Gasteiger partial charge is 0.489 e. The molecular formula is C15H17Br2F2NO3. The zero-order valence-electron chi connectivity index (χ0n) is 12.7. The van der Waals surface area contributed by atoms with E-state index in [1.165, 1.54) is 0 Å². The smallest absolute Gasteiger partial charge is 0.190 e. The van der Waals surface area contributed by atoms with Crippen LogP contribution in [0.15, 0.2) is 26.8 Å². The summed E-state index contributed by atoms with van der Waals surface area (Å²) in [6, 6.07) is 2.16. The van der Waals surface area contributed by atoms with Gasteiger partial charge in [-0.05, 0) is 51.8 Å². The van der Waals surface area contributed by atoms with Gasteiger partial charge in [0.05, 0.1) is 15.7 Å². The van der Waals surface area contributed by atoms with Crippen LogP contribution in [0.1, 0.15) is 20.3 Å². The van der Waals surface area contributed by atoms with Crippen molar-refractivity contribution in [2.24, 2.45) is 5.16 Å². The summed E-state index contributed by atoms with van der Waals surface area (Å²) in [4.78, 5) is 4.96. The molecule has 0 heterocycles. The van der Waals surface area contributed by atoms with E-state index in [4.69, 9.17) is 14.3 Å². The molecule has 0 atom stereocenters. The summed E-state index contributed by atoms with van der Waals surface area (Å²) in [6.07, 6.45) is 2.11. The van der Waals surface area contributed by atoms with Crippen molar-refractivity contribution < 1.29 is 23.1 Å². The molecule has 1 aromatic carbocycles.